The fourth-order valence-corrected chi connectivity index (χ4v) is 3.67. The maximum atomic E-state index is 13.9. The average Bonchev–Trinajstić information content (AvgIpc) is 2.73. The van der Waals surface area contributed by atoms with Crippen molar-refractivity contribution >= 4 is 16.6 Å². The van der Waals surface area contributed by atoms with Crippen molar-refractivity contribution in [3.63, 3.8) is 0 Å². The van der Waals surface area contributed by atoms with Crippen LogP contribution in [0.5, 0.6) is 5.75 Å². The van der Waals surface area contributed by atoms with Gasteiger partial charge in [-0.3, -0.25) is 0 Å². The van der Waals surface area contributed by atoms with Crippen LogP contribution in [-0.4, -0.2) is 30.4 Å². The quantitative estimate of drug-likeness (QED) is 0.503. The van der Waals surface area contributed by atoms with Gasteiger partial charge in [0.25, 0.3) is 0 Å². The fraction of sp³-hybridized carbons (Fsp3) is 0.318. The lowest BCUT2D eigenvalue weighted by atomic mass is 10.0. The van der Waals surface area contributed by atoms with Gasteiger partial charge in [0.1, 0.15) is 11.9 Å². The molecule has 30 heavy (non-hydrogen) atoms. The number of hydrogen-bond acceptors (Lipinski definition) is 3. The van der Waals surface area contributed by atoms with E-state index in [-0.39, 0.29) is 0 Å². The molecule has 4 rings (SSSR count). The van der Waals surface area contributed by atoms with Gasteiger partial charge in [-0.15, -0.1) is 0 Å². The Morgan fingerprint density at radius 3 is 2.33 bits per heavy atom. The van der Waals surface area contributed by atoms with Crippen LogP contribution in [0.15, 0.2) is 54.6 Å². The minimum absolute atomic E-state index is 0.430. The molecule has 0 amide bonds. The number of alkyl halides is 5. The summed E-state index contributed by atoms with van der Waals surface area (Å²) < 4.78 is 71.9. The standard InChI is InChI=1S/C22H18F5N2O/c23-21(24,22(25,26)27)17-6-2-4-8-20(17)30-15-10-13-29(14-11-15)19-9-12-28-18-7-3-1-5-16(18)19/h1-9,15H,10-11,13-14H2. The van der Waals surface area contributed by atoms with E-state index in [2.05, 4.69) is 16.1 Å². The first-order valence-corrected chi connectivity index (χ1v) is 9.49. The smallest absolute Gasteiger partial charge is 0.458 e. The van der Waals surface area contributed by atoms with Gasteiger partial charge in [0.2, 0.25) is 0 Å². The summed E-state index contributed by atoms with van der Waals surface area (Å²) in [6.45, 7) is 1.15. The molecule has 1 saturated heterocycles. The van der Waals surface area contributed by atoms with Gasteiger partial charge < -0.3 is 9.64 Å². The van der Waals surface area contributed by atoms with E-state index in [1.165, 1.54) is 6.07 Å². The molecule has 2 aromatic carbocycles. The second-order valence-corrected chi connectivity index (χ2v) is 7.16. The van der Waals surface area contributed by atoms with Crippen LogP contribution in [0.25, 0.3) is 10.9 Å². The van der Waals surface area contributed by atoms with Crippen LogP contribution in [0.3, 0.4) is 0 Å². The number of halogens is 5. The molecule has 1 aliphatic rings. The van der Waals surface area contributed by atoms with Crippen molar-refractivity contribution in [2.45, 2.75) is 31.0 Å². The third kappa shape index (κ3) is 3.78. The monoisotopic (exact) mass is 421 g/mol. The summed E-state index contributed by atoms with van der Waals surface area (Å²) in [7, 11) is 0. The Morgan fingerprint density at radius 1 is 0.933 bits per heavy atom. The van der Waals surface area contributed by atoms with Crippen molar-refractivity contribution in [1.29, 1.82) is 0 Å². The van der Waals surface area contributed by atoms with Crippen molar-refractivity contribution in [1.82, 2.24) is 4.98 Å². The van der Waals surface area contributed by atoms with Gasteiger partial charge in [-0.1, -0.05) is 30.3 Å². The number of anilines is 1. The Balaban J connectivity index is 1.49. The molecular weight excluding hydrogens is 403 g/mol. The number of piperidine rings is 1. The lowest BCUT2D eigenvalue weighted by Gasteiger charge is -2.35. The van der Waals surface area contributed by atoms with Crippen LogP contribution in [0, 0.1) is 6.20 Å². The predicted molar refractivity (Wildman–Crippen MR) is 103 cm³/mol. The average molecular weight is 421 g/mol. The van der Waals surface area contributed by atoms with Crippen LogP contribution in [-0.2, 0) is 5.92 Å². The van der Waals surface area contributed by atoms with E-state index in [0.717, 1.165) is 34.8 Å². The summed E-state index contributed by atoms with van der Waals surface area (Å²) in [5.74, 6) is -5.41. The Kier molecular flexibility index (Phi) is 5.26. The summed E-state index contributed by atoms with van der Waals surface area (Å²) in [5.41, 5.74) is 0.620. The highest BCUT2D eigenvalue weighted by Gasteiger charge is 2.60. The number of hydrogen-bond donors (Lipinski definition) is 0. The number of rotatable bonds is 4. The van der Waals surface area contributed by atoms with Crippen LogP contribution in [0.2, 0.25) is 0 Å². The Hall–Kier alpha value is -2.90. The summed E-state index contributed by atoms with van der Waals surface area (Å²) >= 11 is 0. The highest BCUT2D eigenvalue weighted by atomic mass is 19.4. The third-order valence-corrected chi connectivity index (χ3v) is 5.22. The number of pyridine rings is 1. The third-order valence-electron chi connectivity index (χ3n) is 5.22. The molecule has 157 valence electrons. The molecule has 0 bridgehead atoms. The van der Waals surface area contributed by atoms with E-state index in [0.29, 0.717) is 25.9 Å². The van der Waals surface area contributed by atoms with Crippen molar-refractivity contribution in [3.8, 4) is 5.75 Å². The first-order valence-electron chi connectivity index (χ1n) is 9.49. The van der Waals surface area contributed by atoms with Crippen molar-refractivity contribution in [2.75, 3.05) is 18.0 Å². The van der Waals surface area contributed by atoms with Crippen LogP contribution in [0.1, 0.15) is 18.4 Å². The highest BCUT2D eigenvalue weighted by molar-refractivity contribution is 5.91. The van der Waals surface area contributed by atoms with Gasteiger partial charge in [-0.05, 0) is 24.3 Å². The first-order chi connectivity index (χ1) is 14.3. The van der Waals surface area contributed by atoms with E-state index < -0.39 is 29.5 Å². The number of aromatic nitrogens is 1. The molecule has 0 atom stereocenters. The molecule has 1 fully saturated rings. The molecule has 8 heteroatoms. The minimum Gasteiger partial charge on any atom is -0.490 e. The molecule has 0 spiro atoms. The second kappa shape index (κ2) is 7.74. The molecule has 1 aliphatic heterocycles. The Morgan fingerprint density at radius 2 is 1.60 bits per heavy atom. The van der Waals surface area contributed by atoms with E-state index in [1.54, 1.807) is 6.07 Å². The molecular formula is C22H18F5N2O. The molecule has 2 heterocycles. The lowest BCUT2D eigenvalue weighted by Crippen LogP contribution is -2.39. The Bertz CT molecular complexity index is 1020. The molecule has 1 radical (unpaired) electrons. The van der Waals surface area contributed by atoms with E-state index in [1.807, 2.05) is 24.3 Å². The van der Waals surface area contributed by atoms with Crippen LogP contribution < -0.4 is 9.64 Å². The largest absolute Gasteiger partial charge is 0.490 e. The molecule has 0 aliphatic carbocycles. The molecule has 1 aromatic heterocycles. The maximum absolute atomic E-state index is 13.9. The van der Waals surface area contributed by atoms with E-state index in [4.69, 9.17) is 4.74 Å². The maximum Gasteiger partial charge on any atom is 0.458 e. The summed E-state index contributed by atoms with van der Waals surface area (Å²) in [6.07, 6.45) is -2.29. The van der Waals surface area contributed by atoms with Gasteiger partial charge in [-0.2, -0.15) is 22.0 Å². The fourth-order valence-electron chi connectivity index (χ4n) is 3.67. The SMILES string of the molecule is FC(F)(F)C(F)(F)c1ccccc1OC1CCN(c2c[c]nc3ccccc23)CC1. The highest BCUT2D eigenvalue weighted by Crippen LogP contribution is 2.47. The zero-order valence-corrected chi connectivity index (χ0v) is 15.8. The van der Waals surface area contributed by atoms with Crippen LogP contribution in [0.4, 0.5) is 27.6 Å². The predicted octanol–water partition coefficient (Wildman–Crippen LogP) is 5.74. The lowest BCUT2D eigenvalue weighted by molar-refractivity contribution is -0.289. The normalized spacial score (nSPS) is 16.1. The number of benzene rings is 2. The first kappa shape index (κ1) is 20.4. The molecule has 0 unspecified atom stereocenters. The second-order valence-electron chi connectivity index (χ2n) is 7.16. The summed E-state index contributed by atoms with van der Waals surface area (Å²) in [6, 6.07) is 13.9. The van der Waals surface area contributed by atoms with Crippen molar-refractivity contribution < 1.29 is 26.7 Å². The summed E-state index contributed by atoms with van der Waals surface area (Å²) in [4.78, 5) is 6.34. The topological polar surface area (TPSA) is 25.4 Å². The van der Waals surface area contributed by atoms with Gasteiger partial charge in [0.05, 0.1) is 17.3 Å². The zero-order chi connectivity index (χ0) is 21.4. The van der Waals surface area contributed by atoms with Gasteiger partial charge >= 0.3 is 12.1 Å². The molecule has 0 N–H and O–H groups in total. The van der Waals surface area contributed by atoms with Crippen molar-refractivity contribution in [2.24, 2.45) is 0 Å². The molecule has 0 saturated carbocycles. The van der Waals surface area contributed by atoms with Crippen LogP contribution >= 0.6 is 0 Å². The number of para-hydroxylation sites is 2. The Labute approximate surface area is 170 Å². The summed E-state index contributed by atoms with van der Waals surface area (Å²) in [5, 5.41) is 0.978. The number of nitrogens with zero attached hydrogens (tertiary/aromatic N) is 2. The molecule has 3 nitrogen and oxygen atoms in total. The van der Waals surface area contributed by atoms with E-state index >= 15 is 0 Å². The zero-order valence-electron chi connectivity index (χ0n) is 15.8. The minimum atomic E-state index is -5.69. The number of fused-ring (bicyclic) bond motifs is 1. The molecule has 3 aromatic rings. The van der Waals surface area contributed by atoms with Gasteiger partial charge in [-0.25, -0.2) is 4.98 Å². The number of ether oxygens (including phenoxy) is 1. The van der Waals surface area contributed by atoms with Gasteiger partial charge in [0, 0.05) is 37.0 Å². The van der Waals surface area contributed by atoms with Gasteiger partial charge in [0.15, 0.2) is 0 Å². The van der Waals surface area contributed by atoms with Crippen molar-refractivity contribution in [3.05, 3.63) is 66.4 Å². The van der Waals surface area contributed by atoms with E-state index in [9.17, 15) is 22.0 Å².